The molecule has 2 rings (SSSR count). The maximum Gasteiger partial charge on any atom is 0.339 e. The molecule has 92 valence electrons. The van der Waals surface area contributed by atoms with Crippen LogP contribution >= 0.6 is 11.6 Å². The lowest BCUT2D eigenvalue weighted by molar-refractivity contribution is 0.0697. The number of benzene rings is 1. The van der Waals surface area contributed by atoms with Gasteiger partial charge in [0.25, 0.3) is 0 Å². The summed E-state index contributed by atoms with van der Waals surface area (Å²) in [6.45, 7) is 1.94. The monoisotopic (exact) mass is 263 g/mol. The van der Waals surface area contributed by atoms with E-state index >= 15 is 0 Å². The summed E-state index contributed by atoms with van der Waals surface area (Å²) in [6, 6.07) is 8.75. The number of anilines is 2. The molecule has 6 heteroatoms. The Labute approximate surface area is 108 Å². The van der Waals surface area contributed by atoms with Crippen molar-refractivity contribution in [3.63, 3.8) is 0 Å². The Morgan fingerprint density at radius 3 is 2.78 bits per heavy atom. The van der Waals surface area contributed by atoms with Crippen LogP contribution in [0.2, 0.25) is 5.15 Å². The van der Waals surface area contributed by atoms with E-state index in [9.17, 15) is 4.79 Å². The number of aromatic carboxylic acids is 1. The molecule has 0 saturated heterocycles. The first-order chi connectivity index (χ1) is 8.56. The van der Waals surface area contributed by atoms with Crippen LogP contribution in [0, 0.1) is 6.92 Å². The van der Waals surface area contributed by atoms with Crippen LogP contribution in [0.25, 0.3) is 0 Å². The topological polar surface area (TPSA) is 75.1 Å². The highest BCUT2D eigenvalue weighted by atomic mass is 35.5. The fourth-order valence-corrected chi connectivity index (χ4v) is 1.63. The Hall–Kier alpha value is -2.14. The van der Waals surface area contributed by atoms with Crippen molar-refractivity contribution < 1.29 is 9.90 Å². The number of aryl methyl sites for hydroxylation is 1. The lowest BCUT2D eigenvalue weighted by Crippen LogP contribution is -2.06. The summed E-state index contributed by atoms with van der Waals surface area (Å²) in [5, 5.41) is 19.4. The van der Waals surface area contributed by atoms with E-state index in [2.05, 4.69) is 15.5 Å². The van der Waals surface area contributed by atoms with Crippen LogP contribution in [-0.2, 0) is 0 Å². The molecule has 0 spiro atoms. The lowest BCUT2D eigenvalue weighted by Gasteiger charge is -2.08. The minimum atomic E-state index is -1.11. The second-order valence-corrected chi connectivity index (χ2v) is 4.12. The molecule has 0 aliphatic heterocycles. The maximum absolute atomic E-state index is 11.1. The van der Waals surface area contributed by atoms with E-state index in [-0.39, 0.29) is 16.5 Å². The zero-order chi connectivity index (χ0) is 13.1. The second-order valence-electron chi connectivity index (χ2n) is 3.73. The van der Waals surface area contributed by atoms with Crippen molar-refractivity contribution in [3.05, 3.63) is 46.6 Å². The molecule has 0 aliphatic rings. The number of halogens is 1. The van der Waals surface area contributed by atoms with Crippen molar-refractivity contribution in [3.8, 4) is 0 Å². The predicted molar refractivity (Wildman–Crippen MR) is 68.5 cm³/mol. The Morgan fingerprint density at radius 2 is 2.11 bits per heavy atom. The molecule has 0 fully saturated rings. The van der Waals surface area contributed by atoms with Gasteiger partial charge in [-0.1, -0.05) is 23.7 Å². The third-order valence-corrected chi connectivity index (χ3v) is 2.46. The number of nitrogens with zero attached hydrogens (tertiary/aromatic N) is 2. The van der Waals surface area contributed by atoms with E-state index in [1.165, 1.54) is 6.07 Å². The van der Waals surface area contributed by atoms with Gasteiger partial charge in [0.15, 0.2) is 11.0 Å². The molecule has 1 aromatic carbocycles. The molecule has 0 bridgehead atoms. The largest absolute Gasteiger partial charge is 0.478 e. The van der Waals surface area contributed by atoms with E-state index in [1.807, 2.05) is 31.2 Å². The van der Waals surface area contributed by atoms with Crippen LogP contribution in [0.5, 0.6) is 0 Å². The normalized spacial score (nSPS) is 10.1. The Morgan fingerprint density at radius 1 is 1.33 bits per heavy atom. The fraction of sp³-hybridized carbons (Fsp3) is 0.0833. The SMILES string of the molecule is Cc1cccc(Nc2nnc(Cl)cc2C(=O)O)c1. The highest BCUT2D eigenvalue weighted by Gasteiger charge is 2.13. The quantitative estimate of drug-likeness (QED) is 0.891. The molecule has 18 heavy (non-hydrogen) atoms. The molecule has 0 aliphatic carbocycles. The number of carboxylic acid groups (broad SMARTS) is 1. The van der Waals surface area contributed by atoms with E-state index in [0.29, 0.717) is 0 Å². The molecule has 0 saturated carbocycles. The van der Waals surface area contributed by atoms with Crippen LogP contribution in [-0.4, -0.2) is 21.3 Å². The van der Waals surface area contributed by atoms with Gasteiger partial charge in [-0.2, -0.15) is 0 Å². The predicted octanol–water partition coefficient (Wildman–Crippen LogP) is 2.88. The van der Waals surface area contributed by atoms with Gasteiger partial charge in [-0.25, -0.2) is 4.79 Å². The average molecular weight is 264 g/mol. The van der Waals surface area contributed by atoms with Gasteiger partial charge in [0, 0.05) is 5.69 Å². The van der Waals surface area contributed by atoms with E-state index in [4.69, 9.17) is 16.7 Å². The molecule has 2 aromatic rings. The van der Waals surface area contributed by atoms with Gasteiger partial charge >= 0.3 is 5.97 Å². The fourth-order valence-electron chi connectivity index (χ4n) is 1.48. The maximum atomic E-state index is 11.1. The average Bonchev–Trinajstić information content (AvgIpc) is 2.31. The third kappa shape index (κ3) is 2.75. The summed E-state index contributed by atoms with van der Waals surface area (Å²) >= 11 is 5.62. The molecular formula is C12H10ClN3O2. The molecule has 1 heterocycles. The first kappa shape index (κ1) is 12.3. The highest BCUT2D eigenvalue weighted by molar-refractivity contribution is 6.29. The second kappa shape index (κ2) is 5.01. The third-order valence-electron chi connectivity index (χ3n) is 2.28. The van der Waals surface area contributed by atoms with Gasteiger partial charge in [0.1, 0.15) is 5.56 Å². The zero-order valence-electron chi connectivity index (χ0n) is 9.51. The molecule has 0 amide bonds. The number of carboxylic acids is 1. The first-order valence-electron chi connectivity index (χ1n) is 5.16. The summed E-state index contributed by atoms with van der Waals surface area (Å²) in [4.78, 5) is 11.1. The summed E-state index contributed by atoms with van der Waals surface area (Å²) < 4.78 is 0. The van der Waals surface area contributed by atoms with Crippen LogP contribution in [0.3, 0.4) is 0 Å². The Balaban J connectivity index is 2.37. The van der Waals surface area contributed by atoms with Crippen molar-refractivity contribution in [2.75, 3.05) is 5.32 Å². The molecule has 1 aromatic heterocycles. The van der Waals surface area contributed by atoms with Crippen molar-refractivity contribution in [1.82, 2.24) is 10.2 Å². The Bertz CT molecular complexity index is 602. The van der Waals surface area contributed by atoms with Crippen molar-refractivity contribution in [2.24, 2.45) is 0 Å². The van der Waals surface area contributed by atoms with E-state index in [0.717, 1.165) is 11.3 Å². The number of hydrogen-bond acceptors (Lipinski definition) is 4. The summed E-state index contributed by atoms with van der Waals surface area (Å²) in [5.74, 6) is -0.945. The van der Waals surface area contributed by atoms with Crippen molar-refractivity contribution in [2.45, 2.75) is 6.92 Å². The van der Waals surface area contributed by atoms with Gasteiger partial charge in [-0.3, -0.25) is 0 Å². The van der Waals surface area contributed by atoms with Gasteiger partial charge in [-0.15, -0.1) is 10.2 Å². The summed E-state index contributed by atoms with van der Waals surface area (Å²) in [6.07, 6.45) is 0. The van der Waals surface area contributed by atoms with Crippen LogP contribution < -0.4 is 5.32 Å². The number of aromatic nitrogens is 2. The van der Waals surface area contributed by atoms with Gasteiger partial charge in [0.05, 0.1) is 0 Å². The standard InChI is InChI=1S/C12H10ClN3O2/c1-7-3-2-4-8(5-7)14-11-9(12(17)18)6-10(13)15-16-11/h2-6H,1H3,(H,14,16)(H,17,18). The number of rotatable bonds is 3. The number of carbonyl (C=O) groups is 1. The van der Waals surface area contributed by atoms with Gasteiger partial charge in [-0.05, 0) is 30.7 Å². The smallest absolute Gasteiger partial charge is 0.339 e. The van der Waals surface area contributed by atoms with Crippen LogP contribution in [0.15, 0.2) is 30.3 Å². The van der Waals surface area contributed by atoms with Crippen LogP contribution in [0.4, 0.5) is 11.5 Å². The van der Waals surface area contributed by atoms with Gasteiger partial charge in [0.2, 0.25) is 0 Å². The molecule has 0 atom stereocenters. The van der Waals surface area contributed by atoms with Crippen molar-refractivity contribution >= 4 is 29.1 Å². The highest BCUT2D eigenvalue weighted by Crippen LogP contribution is 2.20. The zero-order valence-corrected chi connectivity index (χ0v) is 10.3. The Kier molecular flexibility index (Phi) is 3.43. The number of nitrogens with one attached hydrogen (secondary N) is 1. The molecule has 0 radical (unpaired) electrons. The lowest BCUT2D eigenvalue weighted by atomic mass is 10.2. The number of hydrogen-bond donors (Lipinski definition) is 2. The molecule has 2 N–H and O–H groups in total. The minimum Gasteiger partial charge on any atom is -0.478 e. The minimum absolute atomic E-state index is 0.0171. The summed E-state index contributed by atoms with van der Waals surface area (Å²) in [5.41, 5.74) is 1.78. The molecule has 0 unspecified atom stereocenters. The van der Waals surface area contributed by atoms with Crippen LogP contribution in [0.1, 0.15) is 15.9 Å². The molecule has 5 nitrogen and oxygen atoms in total. The molecular weight excluding hydrogens is 254 g/mol. The van der Waals surface area contributed by atoms with E-state index in [1.54, 1.807) is 0 Å². The van der Waals surface area contributed by atoms with E-state index < -0.39 is 5.97 Å². The first-order valence-corrected chi connectivity index (χ1v) is 5.54. The summed E-state index contributed by atoms with van der Waals surface area (Å²) in [7, 11) is 0. The van der Waals surface area contributed by atoms with Gasteiger partial charge < -0.3 is 10.4 Å². The van der Waals surface area contributed by atoms with Crippen molar-refractivity contribution in [1.29, 1.82) is 0 Å².